The predicted octanol–water partition coefficient (Wildman–Crippen LogP) is 3.54. The van der Waals surface area contributed by atoms with E-state index in [-0.39, 0.29) is 0 Å². The first-order valence-electron chi connectivity index (χ1n) is 6.85. The molecule has 1 heteroatoms. The molecule has 1 nitrogen and oxygen atoms in total. The van der Waals surface area contributed by atoms with Crippen LogP contribution in [0.1, 0.15) is 53.4 Å². The molecule has 15 heavy (non-hydrogen) atoms. The SMILES string of the molecule is CC(C)C1CCC(C2CCN2C(C)C)C1. The maximum absolute atomic E-state index is 2.72. The van der Waals surface area contributed by atoms with Crippen molar-refractivity contribution in [3.63, 3.8) is 0 Å². The molecule has 0 amide bonds. The minimum Gasteiger partial charge on any atom is -0.298 e. The Morgan fingerprint density at radius 1 is 1.00 bits per heavy atom. The van der Waals surface area contributed by atoms with E-state index in [2.05, 4.69) is 32.6 Å². The van der Waals surface area contributed by atoms with Crippen LogP contribution in [0.5, 0.6) is 0 Å². The minimum absolute atomic E-state index is 0.766. The highest BCUT2D eigenvalue weighted by atomic mass is 15.2. The van der Waals surface area contributed by atoms with E-state index < -0.39 is 0 Å². The lowest BCUT2D eigenvalue weighted by Gasteiger charge is -2.47. The summed E-state index contributed by atoms with van der Waals surface area (Å²) in [6.07, 6.45) is 5.96. The van der Waals surface area contributed by atoms with Crippen LogP contribution in [0.25, 0.3) is 0 Å². The molecular formula is C14H27N. The van der Waals surface area contributed by atoms with E-state index in [1.54, 1.807) is 0 Å². The van der Waals surface area contributed by atoms with Crippen LogP contribution in [-0.2, 0) is 0 Å². The van der Waals surface area contributed by atoms with Crippen LogP contribution >= 0.6 is 0 Å². The van der Waals surface area contributed by atoms with Gasteiger partial charge in [0.15, 0.2) is 0 Å². The van der Waals surface area contributed by atoms with Gasteiger partial charge in [-0.2, -0.15) is 0 Å². The molecule has 88 valence electrons. The summed E-state index contributed by atoms with van der Waals surface area (Å²) in [4.78, 5) is 2.72. The highest BCUT2D eigenvalue weighted by molar-refractivity contribution is 4.94. The zero-order chi connectivity index (χ0) is 11.0. The van der Waals surface area contributed by atoms with Crippen molar-refractivity contribution in [1.29, 1.82) is 0 Å². The Hall–Kier alpha value is -0.0400. The van der Waals surface area contributed by atoms with Gasteiger partial charge in [-0.25, -0.2) is 0 Å². The molecule has 0 aromatic carbocycles. The molecule has 0 bridgehead atoms. The summed E-state index contributed by atoms with van der Waals surface area (Å²) >= 11 is 0. The number of nitrogens with zero attached hydrogens (tertiary/aromatic N) is 1. The Bertz CT molecular complexity index is 209. The minimum atomic E-state index is 0.766. The van der Waals surface area contributed by atoms with Gasteiger partial charge in [0.2, 0.25) is 0 Å². The lowest BCUT2D eigenvalue weighted by atomic mass is 9.85. The van der Waals surface area contributed by atoms with Crippen LogP contribution in [0.4, 0.5) is 0 Å². The van der Waals surface area contributed by atoms with Crippen molar-refractivity contribution in [2.75, 3.05) is 6.54 Å². The molecule has 1 saturated carbocycles. The zero-order valence-corrected chi connectivity index (χ0v) is 10.9. The molecule has 3 atom stereocenters. The smallest absolute Gasteiger partial charge is 0.0138 e. The van der Waals surface area contributed by atoms with Gasteiger partial charge in [-0.15, -0.1) is 0 Å². The van der Waals surface area contributed by atoms with Gasteiger partial charge < -0.3 is 0 Å². The van der Waals surface area contributed by atoms with Gasteiger partial charge in [0.1, 0.15) is 0 Å². The van der Waals surface area contributed by atoms with E-state index in [4.69, 9.17) is 0 Å². The summed E-state index contributed by atoms with van der Waals surface area (Å²) < 4.78 is 0. The van der Waals surface area contributed by atoms with Gasteiger partial charge in [-0.05, 0) is 57.3 Å². The van der Waals surface area contributed by atoms with Gasteiger partial charge in [0.05, 0.1) is 0 Å². The Morgan fingerprint density at radius 2 is 1.73 bits per heavy atom. The van der Waals surface area contributed by atoms with Crippen molar-refractivity contribution < 1.29 is 0 Å². The average molecular weight is 209 g/mol. The highest BCUT2D eigenvalue weighted by Crippen LogP contribution is 2.42. The van der Waals surface area contributed by atoms with Crippen LogP contribution in [0.2, 0.25) is 0 Å². The van der Waals surface area contributed by atoms with Gasteiger partial charge in [-0.1, -0.05) is 13.8 Å². The molecule has 1 aliphatic carbocycles. The zero-order valence-electron chi connectivity index (χ0n) is 10.9. The topological polar surface area (TPSA) is 3.24 Å². The molecule has 0 aromatic heterocycles. The molecule has 0 aromatic rings. The second kappa shape index (κ2) is 4.45. The van der Waals surface area contributed by atoms with Crippen LogP contribution in [-0.4, -0.2) is 23.5 Å². The van der Waals surface area contributed by atoms with E-state index in [9.17, 15) is 0 Å². The monoisotopic (exact) mass is 209 g/mol. The quantitative estimate of drug-likeness (QED) is 0.687. The maximum Gasteiger partial charge on any atom is 0.0138 e. The van der Waals surface area contributed by atoms with Gasteiger partial charge in [0, 0.05) is 18.6 Å². The second-order valence-corrected chi connectivity index (χ2v) is 6.26. The molecule has 1 heterocycles. The van der Waals surface area contributed by atoms with Crippen molar-refractivity contribution in [2.45, 2.75) is 65.5 Å². The van der Waals surface area contributed by atoms with Gasteiger partial charge in [0.25, 0.3) is 0 Å². The predicted molar refractivity (Wildman–Crippen MR) is 65.9 cm³/mol. The summed E-state index contributed by atoms with van der Waals surface area (Å²) in [7, 11) is 0. The third-order valence-corrected chi connectivity index (χ3v) is 4.77. The van der Waals surface area contributed by atoms with Crippen molar-refractivity contribution >= 4 is 0 Å². The molecule has 1 saturated heterocycles. The standard InChI is InChI=1S/C14H27N/c1-10(2)12-5-6-13(9-12)14-7-8-15(14)11(3)4/h10-14H,5-9H2,1-4H3. The molecule has 0 radical (unpaired) electrons. The summed E-state index contributed by atoms with van der Waals surface area (Å²) in [6, 6.07) is 1.70. The summed E-state index contributed by atoms with van der Waals surface area (Å²) in [5, 5.41) is 0. The summed E-state index contributed by atoms with van der Waals surface area (Å²) in [5.41, 5.74) is 0. The molecular weight excluding hydrogens is 182 g/mol. The third kappa shape index (κ3) is 2.22. The van der Waals surface area contributed by atoms with Crippen molar-refractivity contribution in [3.05, 3.63) is 0 Å². The molecule has 2 rings (SSSR count). The van der Waals surface area contributed by atoms with E-state index in [0.717, 1.165) is 29.8 Å². The first kappa shape index (κ1) is 11.4. The Labute approximate surface area is 95.2 Å². The number of likely N-dealkylation sites (tertiary alicyclic amines) is 1. The van der Waals surface area contributed by atoms with Crippen LogP contribution in [0.3, 0.4) is 0 Å². The first-order chi connectivity index (χ1) is 7.09. The fraction of sp³-hybridized carbons (Fsp3) is 1.00. The summed E-state index contributed by atoms with van der Waals surface area (Å²) in [6.45, 7) is 10.8. The number of hydrogen-bond donors (Lipinski definition) is 0. The maximum atomic E-state index is 2.72. The molecule has 2 aliphatic rings. The normalized spacial score (nSPS) is 37.6. The van der Waals surface area contributed by atoms with Crippen molar-refractivity contribution in [1.82, 2.24) is 4.90 Å². The highest BCUT2D eigenvalue weighted by Gasteiger charge is 2.40. The van der Waals surface area contributed by atoms with Crippen molar-refractivity contribution in [2.24, 2.45) is 17.8 Å². The number of rotatable bonds is 3. The molecule has 1 aliphatic heterocycles. The fourth-order valence-corrected chi connectivity index (χ4v) is 3.58. The van der Waals surface area contributed by atoms with E-state index in [0.29, 0.717) is 0 Å². The Morgan fingerprint density at radius 3 is 2.13 bits per heavy atom. The lowest BCUT2D eigenvalue weighted by molar-refractivity contribution is 0.0163. The third-order valence-electron chi connectivity index (χ3n) is 4.77. The van der Waals surface area contributed by atoms with Gasteiger partial charge in [-0.3, -0.25) is 4.90 Å². The van der Waals surface area contributed by atoms with Crippen LogP contribution in [0, 0.1) is 17.8 Å². The van der Waals surface area contributed by atoms with Gasteiger partial charge >= 0.3 is 0 Å². The van der Waals surface area contributed by atoms with Crippen molar-refractivity contribution in [3.8, 4) is 0 Å². The van der Waals surface area contributed by atoms with E-state index in [1.165, 1.54) is 32.2 Å². The van der Waals surface area contributed by atoms with E-state index >= 15 is 0 Å². The average Bonchev–Trinajstić information content (AvgIpc) is 2.49. The summed E-state index contributed by atoms with van der Waals surface area (Å²) in [5.74, 6) is 2.95. The number of hydrogen-bond acceptors (Lipinski definition) is 1. The van der Waals surface area contributed by atoms with E-state index in [1.807, 2.05) is 0 Å². The second-order valence-electron chi connectivity index (χ2n) is 6.26. The molecule has 2 fully saturated rings. The molecule has 0 spiro atoms. The Balaban J connectivity index is 1.86. The van der Waals surface area contributed by atoms with Crippen LogP contribution < -0.4 is 0 Å². The fourth-order valence-electron chi connectivity index (χ4n) is 3.58. The Kier molecular flexibility index (Phi) is 3.39. The molecule has 0 N–H and O–H groups in total. The largest absolute Gasteiger partial charge is 0.298 e. The lowest BCUT2D eigenvalue weighted by Crippen LogP contribution is -2.54. The first-order valence-corrected chi connectivity index (χ1v) is 6.85. The molecule has 3 unspecified atom stereocenters. The van der Waals surface area contributed by atoms with Crippen LogP contribution in [0.15, 0.2) is 0 Å².